The molecule has 0 spiro atoms. The van der Waals surface area contributed by atoms with Crippen LogP contribution in [0.4, 0.5) is 0 Å². The van der Waals surface area contributed by atoms with Crippen LogP contribution < -0.4 is 5.32 Å². The molecule has 0 aliphatic heterocycles. The first-order chi connectivity index (χ1) is 10.4. The van der Waals surface area contributed by atoms with Crippen molar-refractivity contribution in [3.05, 3.63) is 65.0 Å². The number of aryl methyl sites for hydroxylation is 1. The predicted molar refractivity (Wildman–Crippen MR) is 76.5 cm³/mol. The Hall–Kier alpha value is -2.86. The van der Waals surface area contributed by atoms with E-state index in [1.807, 2.05) is 0 Å². The molecule has 6 heteroatoms. The minimum atomic E-state index is -2.56. The summed E-state index contributed by atoms with van der Waals surface area (Å²) in [5.41, 5.74) is -1.51. The molecular formula is C16H12N2O4. The number of hydrogen-bond acceptors (Lipinski definition) is 5. The summed E-state index contributed by atoms with van der Waals surface area (Å²) in [4.78, 5) is 40.6. The first-order valence-corrected chi connectivity index (χ1v) is 6.59. The van der Waals surface area contributed by atoms with Gasteiger partial charge in [0.2, 0.25) is 11.6 Å². The van der Waals surface area contributed by atoms with Crippen LogP contribution >= 0.6 is 0 Å². The highest BCUT2D eigenvalue weighted by atomic mass is 16.3. The number of nitrogens with zero attached hydrogens (tertiary/aromatic N) is 1. The zero-order valence-corrected chi connectivity index (χ0v) is 11.7. The number of amides is 1. The molecule has 0 unspecified atom stereocenters. The van der Waals surface area contributed by atoms with Gasteiger partial charge in [-0.2, -0.15) is 0 Å². The van der Waals surface area contributed by atoms with Crippen molar-refractivity contribution in [3.63, 3.8) is 0 Å². The van der Waals surface area contributed by atoms with E-state index in [9.17, 15) is 19.5 Å². The Morgan fingerprint density at radius 2 is 1.68 bits per heavy atom. The molecule has 0 radical (unpaired) electrons. The van der Waals surface area contributed by atoms with Crippen molar-refractivity contribution < 1.29 is 19.5 Å². The summed E-state index contributed by atoms with van der Waals surface area (Å²) in [5.74, 6) is -2.41. The monoisotopic (exact) mass is 296 g/mol. The zero-order chi connectivity index (χ0) is 15.9. The average Bonchev–Trinajstić information content (AvgIpc) is 2.70. The fourth-order valence-corrected chi connectivity index (χ4v) is 2.32. The second-order valence-corrected chi connectivity index (χ2v) is 5.06. The van der Waals surface area contributed by atoms with Crippen LogP contribution in [0.5, 0.6) is 0 Å². The molecule has 2 N–H and O–H groups in total. The van der Waals surface area contributed by atoms with E-state index in [4.69, 9.17) is 0 Å². The van der Waals surface area contributed by atoms with Crippen molar-refractivity contribution in [1.29, 1.82) is 0 Å². The average molecular weight is 296 g/mol. The lowest BCUT2D eigenvalue weighted by Crippen LogP contribution is -2.56. The van der Waals surface area contributed by atoms with E-state index in [1.165, 1.54) is 24.4 Å². The molecule has 0 bridgehead atoms. The van der Waals surface area contributed by atoms with Crippen LogP contribution in [0, 0.1) is 6.92 Å². The van der Waals surface area contributed by atoms with Crippen LogP contribution in [-0.2, 0) is 0 Å². The Bertz CT molecular complexity index is 761. The number of nitrogens with one attached hydrogen (secondary N) is 1. The first kappa shape index (κ1) is 14.1. The molecule has 3 rings (SSSR count). The quantitative estimate of drug-likeness (QED) is 0.633. The molecule has 110 valence electrons. The number of benzene rings is 1. The van der Waals surface area contributed by atoms with Crippen LogP contribution in [0.15, 0.2) is 42.6 Å². The van der Waals surface area contributed by atoms with Crippen molar-refractivity contribution in [1.82, 2.24) is 10.3 Å². The number of Topliss-reactive ketones (excluding diaryl/α,β-unsaturated/α-hetero) is 2. The topological polar surface area (TPSA) is 96.4 Å². The van der Waals surface area contributed by atoms with Gasteiger partial charge in [0.1, 0.15) is 0 Å². The molecule has 0 fully saturated rings. The van der Waals surface area contributed by atoms with Gasteiger partial charge in [-0.15, -0.1) is 0 Å². The van der Waals surface area contributed by atoms with Gasteiger partial charge in [-0.3, -0.25) is 19.4 Å². The van der Waals surface area contributed by atoms with Crippen LogP contribution in [0.2, 0.25) is 0 Å². The molecule has 1 aromatic carbocycles. The second-order valence-electron chi connectivity index (χ2n) is 5.06. The molecule has 1 heterocycles. The van der Waals surface area contributed by atoms with Gasteiger partial charge in [-0.1, -0.05) is 24.3 Å². The Morgan fingerprint density at radius 3 is 2.18 bits per heavy atom. The summed E-state index contributed by atoms with van der Waals surface area (Å²) in [6, 6.07) is 9.16. The number of carbonyl (C=O) groups is 3. The maximum absolute atomic E-state index is 12.2. The molecule has 6 nitrogen and oxygen atoms in total. The van der Waals surface area contributed by atoms with Crippen LogP contribution in [0.3, 0.4) is 0 Å². The van der Waals surface area contributed by atoms with E-state index in [0.717, 1.165) is 5.69 Å². The Labute approximate surface area is 125 Å². The number of rotatable bonds is 2. The minimum Gasteiger partial charge on any atom is -0.358 e. The van der Waals surface area contributed by atoms with Crippen molar-refractivity contribution >= 4 is 17.5 Å². The van der Waals surface area contributed by atoms with Crippen molar-refractivity contribution in [2.45, 2.75) is 12.6 Å². The van der Waals surface area contributed by atoms with Crippen LogP contribution in [0.1, 0.15) is 36.8 Å². The highest BCUT2D eigenvalue weighted by Gasteiger charge is 2.53. The molecule has 1 aliphatic carbocycles. The highest BCUT2D eigenvalue weighted by Crippen LogP contribution is 2.28. The number of pyridine rings is 1. The molecule has 1 amide bonds. The Balaban J connectivity index is 1.92. The molecule has 1 aliphatic rings. The number of ketones is 2. The van der Waals surface area contributed by atoms with Crippen molar-refractivity contribution in [3.8, 4) is 0 Å². The summed E-state index contributed by atoms with van der Waals surface area (Å²) >= 11 is 0. The third-order valence-corrected chi connectivity index (χ3v) is 3.54. The smallest absolute Gasteiger partial charge is 0.268 e. The third-order valence-electron chi connectivity index (χ3n) is 3.54. The Morgan fingerprint density at radius 1 is 1.09 bits per heavy atom. The van der Waals surface area contributed by atoms with Gasteiger partial charge in [-0.25, -0.2) is 0 Å². The largest absolute Gasteiger partial charge is 0.358 e. The number of carbonyl (C=O) groups excluding carboxylic acids is 3. The molecule has 0 saturated carbocycles. The van der Waals surface area contributed by atoms with Gasteiger partial charge in [-0.05, 0) is 19.1 Å². The summed E-state index contributed by atoms with van der Waals surface area (Å²) in [7, 11) is 0. The highest BCUT2D eigenvalue weighted by molar-refractivity contribution is 6.32. The zero-order valence-electron chi connectivity index (χ0n) is 11.7. The van der Waals surface area contributed by atoms with Gasteiger partial charge in [0.25, 0.3) is 11.6 Å². The third kappa shape index (κ3) is 2.01. The summed E-state index contributed by atoms with van der Waals surface area (Å²) in [6.45, 7) is 1.76. The molecule has 0 saturated heterocycles. The normalized spacial score (nSPS) is 15.5. The lowest BCUT2D eigenvalue weighted by Gasteiger charge is -2.20. The van der Waals surface area contributed by atoms with Crippen LogP contribution in [0.25, 0.3) is 0 Å². The maximum atomic E-state index is 12.2. The van der Waals surface area contributed by atoms with Gasteiger partial charge >= 0.3 is 0 Å². The molecule has 0 atom stereocenters. The SMILES string of the molecule is Cc1ccc(C(=O)NC2(O)C(=O)c3ccccc3C2=O)cn1. The van der Waals surface area contributed by atoms with E-state index in [1.54, 1.807) is 25.1 Å². The first-order valence-electron chi connectivity index (χ1n) is 6.59. The van der Waals surface area contributed by atoms with E-state index in [0.29, 0.717) is 0 Å². The number of aromatic nitrogens is 1. The van der Waals surface area contributed by atoms with Gasteiger partial charge < -0.3 is 10.4 Å². The summed E-state index contributed by atoms with van der Waals surface area (Å²) < 4.78 is 0. The van der Waals surface area contributed by atoms with Crippen molar-refractivity contribution in [2.24, 2.45) is 0 Å². The fourth-order valence-electron chi connectivity index (χ4n) is 2.32. The van der Waals surface area contributed by atoms with Gasteiger partial charge in [0.05, 0.1) is 5.56 Å². The predicted octanol–water partition coefficient (Wildman–Crippen LogP) is 0.888. The van der Waals surface area contributed by atoms with E-state index < -0.39 is 23.2 Å². The van der Waals surface area contributed by atoms with E-state index >= 15 is 0 Å². The second kappa shape index (κ2) is 4.85. The number of hydrogen-bond donors (Lipinski definition) is 2. The molecule has 2 aromatic rings. The van der Waals surface area contributed by atoms with Gasteiger partial charge in [0, 0.05) is 23.0 Å². The number of fused-ring (bicyclic) bond motifs is 1. The lowest BCUT2D eigenvalue weighted by atomic mass is 10.1. The maximum Gasteiger partial charge on any atom is 0.268 e. The molecular weight excluding hydrogens is 284 g/mol. The Kier molecular flexibility index (Phi) is 3.11. The van der Waals surface area contributed by atoms with E-state index in [2.05, 4.69) is 10.3 Å². The summed E-state index contributed by atoms with van der Waals surface area (Å²) in [5, 5.41) is 12.5. The number of aliphatic hydroxyl groups is 1. The van der Waals surface area contributed by atoms with Crippen LogP contribution in [-0.4, -0.2) is 33.3 Å². The van der Waals surface area contributed by atoms with Crippen molar-refractivity contribution in [2.75, 3.05) is 0 Å². The fraction of sp³-hybridized carbons (Fsp3) is 0.125. The minimum absolute atomic E-state index is 0.0948. The van der Waals surface area contributed by atoms with E-state index in [-0.39, 0.29) is 16.7 Å². The standard InChI is InChI=1S/C16H12N2O4/c1-9-6-7-10(8-17-9)15(21)18-16(22)13(19)11-4-2-3-5-12(11)14(16)20/h2-8,22H,1H3,(H,18,21). The molecule has 22 heavy (non-hydrogen) atoms. The van der Waals surface area contributed by atoms with Gasteiger partial charge in [0.15, 0.2) is 0 Å². The molecule has 1 aromatic heterocycles. The lowest BCUT2D eigenvalue weighted by molar-refractivity contribution is 0.0192. The summed E-state index contributed by atoms with van der Waals surface area (Å²) in [6.07, 6.45) is 1.31.